The summed E-state index contributed by atoms with van der Waals surface area (Å²) in [5.74, 6) is 6.86. The average molecular weight is 307 g/mol. The summed E-state index contributed by atoms with van der Waals surface area (Å²) in [7, 11) is 0. The third kappa shape index (κ3) is 3.41. The maximum Gasteiger partial charge on any atom is 0.421 e. The molecule has 2 atom stereocenters. The van der Waals surface area contributed by atoms with Crippen molar-refractivity contribution in [2.45, 2.75) is 32.7 Å². The molecule has 0 bridgehead atoms. The summed E-state index contributed by atoms with van der Waals surface area (Å²) in [4.78, 5) is 17.7. The van der Waals surface area contributed by atoms with Gasteiger partial charge < -0.3 is 15.7 Å². The molecule has 22 heavy (non-hydrogen) atoms. The second-order valence-electron chi connectivity index (χ2n) is 6.19. The number of carbonyl (C=O) groups is 1. The van der Waals surface area contributed by atoms with Crippen LogP contribution in [0.1, 0.15) is 26.7 Å². The number of carboxylic acid groups (broad SMARTS) is 1. The Kier molecular flexibility index (Phi) is 5.07. The number of hydrogen-bond acceptors (Lipinski definition) is 5. The molecule has 0 radical (unpaired) electrons. The molecule has 0 aliphatic carbocycles. The maximum absolute atomic E-state index is 11.2. The fraction of sp³-hybridized carbons (Fsp3) is 0.600. The average Bonchev–Trinajstić information content (AvgIpc) is 2.47. The lowest BCUT2D eigenvalue weighted by atomic mass is 9.84. The molecule has 1 aromatic heterocycles. The Morgan fingerprint density at radius 2 is 2.27 bits per heavy atom. The van der Waals surface area contributed by atoms with Crippen LogP contribution in [0.5, 0.6) is 0 Å². The highest BCUT2D eigenvalue weighted by molar-refractivity contribution is 5.65. The quantitative estimate of drug-likeness (QED) is 0.444. The zero-order valence-corrected chi connectivity index (χ0v) is 13.1. The number of anilines is 2. The van der Waals surface area contributed by atoms with E-state index in [0.29, 0.717) is 12.2 Å². The summed E-state index contributed by atoms with van der Waals surface area (Å²) in [6.07, 6.45) is 2.56. The van der Waals surface area contributed by atoms with Gasteiger partial charge in [-0.3, -0.25) is 0 Å². The number of nitrogen functional groups attached to an aromatic ring is 1. The Morgan fingerprint density at radius 3 is 2.86 bits per heavy atom. The van der Waals surface area contributed by atoms with Crippen molar-refractivity contribution in [3.63, 3.8) is 0 Å². The van der Waals surface area contributed by atoms with E-state index in [0.717, 1.165) is 30.2 Å². The first-order chi connectivity index (χ1) is 10.4. The predicted octanol–water partition coefficient (Wildman–Crippen LogP) is 1.76. The van der Waals surface area contributed by atoms with Gasteiger partial charge in [-0.25, -0.2) is 20.6 Å². The van der Waals surface area contributed by atoms with Gasteiger partial charge in [-0.1, -0.05) is 13.8 Å². The van der Waals surface area contributed by atoms with Crippen LogP contribution >= 0.6 is 0 Å². The molecular weight excluding hydrogens is 282 g/mol. The zero-order chi connectivity index (χ0) is 16.3. The smallest absolute Gasteiger partial charge is 0.421 e. The topological polar surface area (TPSA) is 109 Å². The Balaban J connectivity index is 2.18. The van der Waals surface area contributed by atoms with Crippen LogP contribution in [0.25, 0.3) is 0 Å². The predicted molar refractivity (Wildman–Crippen MR) is 86.3 cm³/mol. The molecule has 0 aromatic carbocycles. The molecule has 1 saturated heterocycles. The van der Waals surface area contributed by atoms with Crippen molar-refractivity contribution in [1.29, 1.82) is 0 Å². The van der Waals surface area contributed by atoms with Gasteiger partial charge in [-0.05, 0) is 36.8 Å². The van der Waals surface area contributed by atoms with E-state index in [9.17, 15) is 9.90 Å². The summed E-state index contributed by atoms with van der Waals surface area (Å²) in [5, 5.41) is 10.2. The van der Waals surface area contributed by atoms with Gasteiger partial charge in [0.05, 0.1) is 11.7 Å². The minimum absolute atomic E-state index is 0.145. The third-order valence-corrected chi connectivity index (χ3v) is 4.28. The highest BCUT2D eigenvalue weighted by atomic mass is 16.4. The monoisotopic (exact) mass is 307 g/mol. The normalized spacial score (nSPS) is 20.0. The highest BCUT2D eigenvalue weighted by Crippen LogP contribution is 2.30. The Morgan fingerprint density at radius 1 is 1.55 bits per heavy atom. The summed E-state index contributed by atoms with van der Waals surface area (Å²) in [5.41, 5.74) is 6.65. The van der Waals surface area contributed by atoms with E-state index in [2.05, 4.69) is 9.88 Å². The largest absolute Gasteiger partial charge is 0.464 e. The van der Waals surface area contributed by atoms with E-state index in [1.54, 1.807) is 6.20 Å². The molecule has 0 saturated carbocycles. The van der Waals surface area contributed by atoms with E-state index in [-0.39, 0.29) is 17.9 Å². The molecule has 1 aromatic rings. The fourth-order valence-electron chi connectivity index (χ4n) is 3.37. The molecule has 0 spiro atoms. The van der Waals surface area contributed by atoms with Crippen LogP contribution in [0.15, 0.2) is 18.3 Å². The molecule has 1 aliphatic rings. The van der Waals surface area contributed by atoms with E-state index in [1.807, 2.05) is 26.0 Å². The molecule has 5 N–H and O–H groups in total. The van der Waals surface area contributed by atoms with Gasteiger partial charge in [0.15, 0.2) is 5.82 Å². The van der Waals surface area contributed by atoms with E-state index >= 15 is 0 Å². The Bertz CT molecular complexity index is 522. The number of hydrogen-bond donors (Lipinski definition) is 3. The Labute approximate surface area is 130 Å². The van der Waals surface area contributed by atoms with Gasteiger partial charge in [0, 0.05) is 19.3 Å². The van der Waals surface area contributed by atoms with Gasteiger partial charge in [-0.15, -0.1) is 0 Å². The number of rotatable bonds is 4. The number of pyridine rings is 1. The van der Waals surface area contributed by atoms with Crippen LogP contribution in [0.4, 0.5) is 16.3 Å². The van der Waals surface area contributed by atoms with Crippen molar-refractivity contribution >= 4 is 17.6 Å². The number of piperidine rings is 1. The maximum atomic E-state index is 11.2. The van der Waals surface area contributed by atoms with Gasteiger partial charge in [0.2, 0.25) is 0 Å². The molecule has 2 unspecified atom stereocenters. The molecule has 2 rings (SSSR count). The van der Waals surface area contributed by atoms with Gasteiger partial charge in [-0.2, -0.15) is 0 Å². The van der Waals surface area contributed by atoms with Crippen molar-refractivity contribution in [2.24, 2.45) is 17.7 Å². The second-order valence-corrected chi connectivity index (χ2v) is 6.19. The molecule has 1 fully saturated rings. The number of aromatic nitrogens is 1. The van der Waals surface area contributed by atoms with Crippen molar-refractivity contribution in [3.8, 4) is 0 Å². The highest BCUT2D eigenvalue weighted by Gasteiger charge is 2.35. The number of amides is 1. The van der Waals surface area contributed by atoms with Crippen molar-refractivity contribution in [3.05, 3.63) is 18.3 Å². The minimum atomic E-state index is -1.09. The minimum Gasteiger partial charge on any atom is -0.464 e. The van der Waals surface area contributed by atoms with E-state index < -0.39 is 6.09 Å². The molecule has 1 aliphatic heterocycles. The molecule has 2 heterocycles. The molecular formula is C15H25N5O2. The summed E-state index contributed by atoms with van der Waals surface area (Å²) in [6, 6.07) is 3.42. The van der Waals surface area contributed by atoms with Crippen LogP contribution in [-0.4, -0.2) is 40.3 Å². The molecule has 122 valence electrons. The van der Waals surface area contributed by atoms with E-state index in [1.165, 1.54) is 0 Å². The summed E-state index contributed by atoms with van der Waals surface area (Å²) >= 11 is 0. The first kappa shape index (κ1) is 16.4. The number of hydrazine groups is 1. The molecule has 7 heteroatoms. The fourth-order valence-corrected chi connectivity index (χ4v) is 3.37. The van der Waals surface area contributed by atoms with Gasteiger partial charge >= 0.3 is 6.09 Å². The zero-order valence-electron chi connectivity index (χ0n) is 13.1. The van der Waals surface area contributed by atoms with Crippen molar-refractivity contribution in [2.75, 3.05) is 23.7 Å². The first-order valence-electron chi connectivity index (χ1n) is 7.64. The van der Waals surface area contributed by atoms with Crippen LogP contribution in [-0.2, 0) is 0 Å². The summed E-state index contributed by atoms with van der Waals surface area (Å²) < 4.78 is 0. The Hall–Kier alpha value is -2.02. The number of nitrogens with two attached hydrogens (primary N) is 2. The van der Waals surface area contributed by atoms with Gasteiger partial charge in [0.25, 0.3) is 0 Å². The van der Waals surface area contributed by atoms with E-state index in [4.69, 9.17) is 11.6 Å². The van der Waals surface area contributed by atoms with Crippen LogP contribution in [0.3, 0.4) is 0 Å². The van der Waals surface area contributed by atoms with Crippen molar-refractivity contribution in [1.82, 2.24) is 9.99 Å². The molecule has 7 nitrogen and oxygen atoms in total. The SMILES string of the molecule is CC(C)C(C1CCCN(c2ncccc2N)C1)N(N)C(=O)O. The van der Waals surface area contributed by atoms with Crippen LogP contribution in [0.2, 0.25) is 0 Å². The second kappa shape index (κ2) is 6.83. The van der Waals surface area contributed by atoms with Crippen LogP contribution < -0.4 is 16.5 Å². The lowest BCUT2D eigenvalue weighted by Crippen LogP contribution is -2.55. The van der Waals surface area contributed by atoms with Crippen molar-refractivity contribution < 1.29 is 9.90 Å². The summed E-state index contributed by atoms with van der Waals surface area (Å²) in [6.45, 7) is 5.59. The molecule has 1 amide bonds. The number of nitrogens with zero attached hydrogens (tertiary/aromatic N) is 3. The van der Waals surface area contributed by atoms with Crippen LogP contribution in [0, 0.1) is 11.8 Å². The lowest BCUT2D eigenvalue weighted by molar-refractivity contribution is 0.0784. The van der Waals surface area contributed by atoms with Gasteiger partial charge in [0.1, 0.15) is 0 Å². The first-order valence-corrected chi connectivity index (χ1v) is 7.64. The lowest BCUT2D eigenvalue weighted by Gasteiger charge is -2.41. The standard InChI is InChI=1S/C15H25N5O2/c1-10(2)13(20(17)15(21)22)11-5-4-8-19(9-11)14-12(16)6-3-7-18-14/h3,6-7,10-11,13H,4-5,8-9,16-17H2,1-2H3,(H,21,22). The third-order valence-electron chi connectivity index (χ3n) is 4.28.